The van der Waals surface area contributed by atoms with Crippen molar-refractivity contribution in [2.24, 2.45) is 5.73 Å². The first kappa shape index (κ1) is 12.9. The Morgan fingerprint density at radius 2 is 1.90 bits per heavy atom. The number of nitrogens with two attached hydrogens (primary N) is 1. The maximum atomic E-state index is 14.1. The summed E-state index contributed by atoms with van der Waals surface area (Å²) in [4.78, 5) is 0. The van der Waals surface area contributed by atoms with Crippen molar-refractivity contribution in [3.05, 3.63) is 70.7 Å². The number of furan rings is 1. The first-order valence-electron chi connectivity index (χ1n) is 6.57. The highest BCUT2D eigenvalue weighted by Gasteiger charge is 2.18. The highest BCUT2D eigenvalue weighted by atomic mass is 19.1. The van der Waals surface area contributed by atoms with Gasteiger partial charge in [-0.05, 0) is 37.6 Å². The summed E-state index contributed by atoms with van der Waals surface area (Å²) in [7, 11) is 0. The largest absolute Gasteiger partial charge is 0.459 e. The van der Waals surface area contributed by atoms with Gasteiger partial charge in [0.15, 0.2) is 0 Å². The highest BCUT2D eigenvalue weighted by molar-refractivity contribution is 5.78. The molecule has 0 saturated carbocycles. The lowest BCUT2D eigenvalue weighted by Crippen LogP contribution is -2.13. The molecule has 0 aliphatic carbocycles. The van der Waals surface area contributed by atoms with Crippen LogP contribution in [0.3, 0.4) is 0 Å². The third-order valence-corrected chi connectivity index (χ3v) is 3.55. The fourth-order valence-corrected chi connectivity index (χ4v) is 2.40. The number of benzene rings is 2. The molecule has 1 unspecified atom stereocenters. The van der Waals surface area contributed by atoms with E-state index in [0.29, 0.717) is 16.9 Å². The van der Waals surface area contributed by atoms with Crippen LogP contribution in [0, 0.1) is 19.7 Å². The molecule has 0 radical (unpaired) electrons. The van der Waals surface area contributed by atoms with Gasteiger partial charge in [0.05, 0.1) is 6.04 Å². The monoisotopic (exact) mass is 269 g/mol. The summed E-state index contributed by atoms with van der Waals surface area (Å²) in [5.41, 5.74) is 9.13. The van der Waals surface area contributed by atoms with Crippen molar-refractivity contribution in [1.29, 1.82) is 0 Å². The van der Waals surface area contributed by atoms with Crippen LogP contribution < -0.4 is 5.73 Å². The maximum Gasteiger partial charge on any atom is 0.134 e. The molecule has 2 aromatic carbocycles. The van der Waals surface area contributed by atoms with Crippen LogP contribution in [0.5, 0.6) is 0 Å². The van der Waals surface area contributed by atoms with Crippen LogP contribution in [-0.4, -0.2) is 0 Å². The first-order chi connectivity index (χ1) is 9.56. The van der Waals surface area contributed by atoms with E-state index in [0.717, 1.165) is 16.5 Å². The van der Waals surface area contributed by atoms with Gasteiger partial charge < -0.3 is 10.2 Å². The van der Waals surface area contributed by atoms with Gasteiger partial charge in [0.1, 0.15) is 17.2 Å². The zero-order valence-electron chi connectivity index (χ0n) is 11.5. The molecule has 1 heterocycles. The lowest BCUT2D eigenvalue weighted by molar-refractivity contribution is 0.508. The zero-order chi connectivity index (χ0) is 14.3. The molecule has 3 rings (SSSR count). The maximum absolute atomic E-state index is 14.1. The second-order valence-electron chi connectivity index (χ2n) is 5.15. The summed E-state index contributed by atoms with van der Waals surface area (Å²) in [5.74, 6) is 0.312. The van der Waals surface area contributed by atoms with E-state index in [4.69, 9.17) is 10.2 Å². The zero-order valence-corrected chi connectivity index (χ0v) is 11.5. The van der Waals surface area contributed by atoms with Crippen molar-refractivity contribution in [3.63, 3.8) is 0 Å². The minimum absolute atomic E-state index is 0.267. The van der Waals surface area contributed by atoms with Crippen molar-refractivity contribution in [2.45, 2.75) is 19.9 Å². The number of aryl methyl sites for hydroxylation is 2. The molecule has 1 aromatic heterocycles. The van der Waals surface area contributed by atoms with Crippen LogP contribution in [0.25, 0.3) is 11.0 Å². The molecule has 0 amide bonds. The minimum atomic E-state index is -0.595. The SMILES string of the molecule is Cc1ccc2oc(C(N)c3cccc(C)c3F)cc2c1. The number of halogens is 1. The highest BCUT2D eigenvalue weighted by Crippen LogP contribution is 2.29. The normalized spacial score (nSPS) is 12.8. The smallest absolute Gasteiger partial charge is 0.134 e. The Hall–Kier alpha value is -2.13. The first-order valence-corrected chi connectivity index (χ1v) is 6.57. The van der Waals surface area contributed by atoms with E-state index in [9.17, 15) is 4.39 Å². The van der Waals surface area contributed by atoms with Crippen molar-refractivity contribution in [3.8, 4) is 0 Å². The fourth-order valence-electron chi connectivity index (χ4n) is 2.40. The second-order valence-corrected chi connectivity index (χ2v) is 5.15. The van der Waals surface area contributed by atoms with Crippen LogP contribution in [0.2, 0.25) is 0 Å². The Bertz CT molecular complexity index is 776. The Morgan fingerprint density at radius 1 is 1.10 bits per heavy atom. The van der Waals surface area contributed by atoms with Gasteiger partial charge in [-0.1, -0.05) is 29.8 Å². The van der Waals surface area contributed by atoms with Crippen molar-refractivity contribution in [1.82, 2.24) is 0 Å². The Kier molecular flexibility index (Phi) is 3.07. The Morgan fingerprint density at radius 3 is 2.70 bits per heavy atom. The molecule has 0 bridgehead atoms. The number of hydrogen-bond donors (Lipinski definition) is 1. The van der Waals surface area contributed by atoms with Gasteiger partial charge >= 0.3 is 0 Å². The summed E-state index contributed by atoms with van der Waals surface area (Å²) in [6.07, 6.45) is 0. The Balaban J connectivity index is 2.08. The van der Waals surface area contributed by atoms with Crippen LogP contribution in [-0.2, 0) is 0 Å². The molecular weight excluding hydrogens is 253 g/mol. The van der Waals surface area contributed by atoms with Gasteiger partial charge in [0.25, 0.3) is 0 Å². The van der Waals surface area contributed by atoms with Crippen LogP contribution in [0.4, 0.5) is 4.39 Å². The van der Waals surface area contributed by atoms with E-state index in [-0.39, 0.29) is 5.82 Å². The van der Waals surface area contributed by atoms with Gasteiger partial charge in [-0.2, -0.15) is 0 Å². The molecule has 1 atom stereocenters. The molecule has 2 N–H and O–H groups in total. The average molecular weight is 269 g/mol. The topological polar surface area (TPSA) is 39.2 Å². The summed E-state index contributed by atoms with van der Waals surface area (Å²) >= 11 is 0. The van der Waals surface area contributed by atoms with E-state index in [2.05, 4.69) is 0 Å². The summed E-state index contributed by atoms with van der Waals surface area (Å²) in [6, 6.07) is 12.4. The summed E-state index contributed by atoms with van der Waals surface area (Å²) in [6.45, 7) is 3.75. The molecule has 3 heteroatoms. The standard InChI is InChI=1S/C17H16FNO/c1-10-6-7-14-12(8-10)9-15(20-14)17(19)13-5-3-4-11(2)16(13)18/h3-9,17H,19H2,1-2H3. The van der Waals surface area contributed by atoms with Gasteiger partial charge in [-0.3, -0.25) is 0 Å². The minimum Gasteiger partial charge on any atom is -0.459 e. The van der Waals surface area contributed by atoms with Crippen molar-refractivity contribution < 1.29 is 8.81 Å². The Labute approximate surface area is 117 Å². The summed E-state index contributed by atoms with van der Waals surface area (Å²) < 4.78 is 19.9. The third kappa shape index (κ3) is 2.10. The van der Waals surface area contributed by atoms with Crippen molar-refractivity contribution in [2.75, 3.05) is 0 Å². The van der Waals surface area contributed by atoms with E-state index in [1.54, 1.807) is 25.1 Å². The van der Waals surface area contributed by atoms with Gasteiger partial charge in [0.2, 0.25) is 0 Å². The second kappa shape index (κ2) is 4.76. The van der Waals surface area contributed by atoms with Crippen LogP contribution in [0.1, 0.15) is 28.5 Å². The predicted octanol–water partition coefficient (Wildman–Crippen LogP) is 4.24. The number of rotatable bonds is 2. The lowest BCUT2D eigenvalue weighted by Gasteiger charge is -2.11. The van der Waals surface area contributed by atoms with Gasteiger partial charge in [0, 0.05) is 10.9 Å². The molecule has 0 fully saturated rings. The molecule has 0 aliphatic heterocycles. The van der Waals surface area contributed by atoms with Gasteiger partial charge in [-0.25, -0.2) is 4.39 Å². The number of hydrogen-bond acceptors (Lipinski definition) is 2. The third-order valence-electron chi connectivity index (χ3n) is 3.55. The van der Waals surface area contributed by atoms with E-state index in [1.807, 2.05) is 31.2 Å². The molecule has 20 heavy (non-hydrogen) atoms. The van der Waals surface area contributed by atoms with Crippen molar-refractivity contribution >= 4 is 11.0 Å². The molecule has 2 nitrogen and oxygen atoms in total. The van der Waals surface area contributed by atoms with Crippen LogP contribution in [0.15, 0.2) is 46.9 Å². The van der Waals surface area contributed by atoms with E-state index < -0.39 is 6.04 Å². The molecule has 3 aromatic rings. The molecule has 102 valence electrons. The van der Waals surface area contributed by atoms with Gasteiger partial charge in [-0.15, -0.1) is 0 Å². The lowest BCUT2D eigenvalue weighted by atomic mass is 10.0. The average Bonchev–Trinajstić information content (AvgIpc) is 2.84. The molecule has 0 saturated heterocycles. The van der Waals surface area contributed by atoms with Crippen LogP contribution >= 0.6 is 0 Å². The van der Waals surface area contributed by atoms with E-state index >= 15 is 0 Å². The summed E-state index contributed by atoms with van der Waals surface area (Å²) in [5, 5.41) is 0.989. The number of fused-ring (bicyclic) bond motifs is 1. The fraction of sp³-hybridized carbons (Fsp3) is 0.176. The van der Waals surface area contributed by atoms with E-state index in [1.165, 1.54) is 0 Å². The quantitative estimate of drug-likeness (QED) is 0.756. The molecular formula is C17H16FNO. The predicted molar refractivity (Wildman–Crippen MR) is 78.1 cm³/mol. The molecule has 0 aliphatic rings. The molecule has 0 spiro atoms.